The highest BCUT2D eigenvalue weighted by Gasteiger charge is 2.48. The van der Waals surface area contributed by atoms with Crippen molar-refractivity contribution in [1.82, 2.24) is 4.90 Å². The number of carboxylic acid groups (broad SMARTS) is 1. The fourth-order valence-corrected chi connectivity index (χ4v) is 6.20. The summed E-state index contributed by atoms with van der Waals surface area (Å²) in [5.41, 5.74) is 2.72. The third kappa shape index (κ3) is 8.45. The van der Waals surface area contributed by atoms with Crippen LogP contribution >= 0.6 is 12.4 Å². The molecule has 3 rings (SSSR count). The lowest BCUT2D eigenvalue weighted by Crippen LogP contribution is -2.47. The van der Waals surface area contributed by atoms with Crippen molar-refractivity contribution in [3.8, 4) is 23.0 Å². The largest absolute Gasteiger partial charge is 0.493 e. The van der Waals surface area contributed by atoms with Crippen LogP contribution in [0.5, 0.6) is 23.0 Å². The summed E-state index contributed by atoms with van der Waals surface area (Å²) < 4.78 is 27.6. The van der Waals surface area contributed by atoms with E-state index in [4.69, 9.17) is 23.7 Å². The predicted octanol–water partition coefficient (Wildman–Crippen LogP) is 5.95. The molecule has 236 valence electrons. The second-order valence-electron chi connectivity index (χ2n) is 11.4. The number of benzene rings is 2. The number of fused-ring (bicyclic) bond motifs is 1. The minimum absolute atomic E-state index is 0. The third-order valence-corrected chi connectivity index (χ3v) is 8.76. The number of rotatable bonds is 17. The molecule has 0 heterocycles. The standard InChI is InChI=1S/C33H49NO7.ClH/c1-23(2)33(32(35)36,27-11-10-25-21-29(39-6)30(40-7)22-26(25)20-27)14-16-34(3)15-13-24-9-12-28(38-5)31(19-24)41-18-8-17-37-4;/h9,12,19,21-23,27H,8,10-11,13-18,20H2,1-7H3,(H,35,36);1H/t27-,33?;/m1./s1. The monoisotopic (exact) mass is 607 g/mol. The van der Waals surface area contributed by atoms with Gasteiger partial charge in [0.05, 0.1) is 33.4 Å². The quantitative estimate of drug-likeness (QED) is 0.221. The van der Waals surface area contributed by atoms with Gasteiger partial charge in [-0.05, 0) is 98.5 Å². The van der Waals surface area contributed by atoms with Gasteiger partial charge in [0.1, 0.15) is 0 Å². The number of nitrogens with zero attached hydrogens (tertiary/aromatic N) is 1. The number of halogens is 1. The van der Waals surface area contributed by atoms with E-state index in [-0.39, 0.29) is 24.2 Å². The molecule has 0 saturated carbocycles. The summed E-state index contributed by atoms with van der Waals surface area (Å²) in [4.78, 5) is 15.3. The highest BCUT2D eigenvalue weighted by atomic mass is 35.5. The Bertz CT molecular complexity index is 1140. The van der Waals surface area contributed by atoms with E-state index < -0.39 is 11.4 Å². The first-order chi connectivity index (χ1) is 19.7. The van der Waals surface area contributed by atoms with Crippen LogP contribution in [0, 0.1) is 17.3 Å². The van der Waals surface area contributed by atoms with Crippen molar-refractivity contribution in [2.24, 2.45) is 17.3 Å². The molecule has 0 spiro atoms. The molecule has 1 aliphatic carbocycles. The molecule has 0 aromatic heterocycles. The SMILES string of the molecule is COCCCOc1cc(CCN(C)CCC(C(=O)O)(C(C)C)[C@@H]2CCc3cc(OC)c(OC)cc3C2)ccc1OC.Cl. The number of carboxylic acids is 1. The van der Waals surface area contributed by atoms with Crippen molar-refractivity contribution in [3.05, 3.63) is 47.0 Å². The van der Waals surface area contributed by atoms with Crippen LogP contribution in [0.15, 0.2) is 30.3 Å². The van der Waals surface area contributed by atoms with E-state index in [1.165, 1.54) is 11.1 Å². The van der Waals surface area contributed by atoms with E-state index in [9.17, 15) is 9.90 Å². The Kier molecular flexibility index (Phi) is 14.2. The number of hydrogen-bond donors (Lipinski definition) is 1. The van der Waals surface area contributed by atoms with Gasteiger partial charge in [0.2, 0.25) is 0 Å². The molecular weight excluding hydrogens is 558 g/mol. The minimum Gasteiger partial charge on any atom is -0.493 e. The highest BCUT2D eigenvalue weighted by Crippen LogP contribution is 2.47. The van der Waals surface area contributed by atoms with Gasteiger partial charge >= 0.3 is 5.97 Å². The first kappa shape index (κ1) is 35.5. The molecule has 2 aromatic rings. The van der Waals surface area contributed by atoms with E-state index in [0.29, 0.717) is 37.7 Å². The van der Waals surface area contributed by atoms with Gasteiger partial charge in [-0.3, -0.25) is 4.79 Å². The van der Waals surface area contributed by atoms with Gasteiger partial charge in [0.25, 0.3) is 0 Å². The molecule has 2 aromatic carbocycles. The Hall–Kier alpha value is -2.68. The van der Waals surface area contributed by atoms with E-state index in [2.05, 4.69) is 31.9 Å². The summed E-state index contributed by atoms with van der Waals surface area (Å²) in [6, 6.07) is 10.1. The summed E-state index contributed by atoms with van der Waals surface area (Å²) in [6.07, 6.45) is 4.64. The lowest BCUT2D eigenvalue weighted by molar-refractivity contribution is -0.158. The minimum atomic E-state index is -0.817. The van der Waals surface area contributed by atoms with Crippen LogP contribution in [0.4, 0.5) is 0 Å². The molecule has 9 heteroatoms. The molecule has 42 heavy (non-hydrogen) atoms. The maximum atomic E-state index is 13.0. The number of aryl methyl sites for hydroxylation is 1. The van der Waals surface area contributed by atoms with Crippen LogP contribution in [0.3, 0.4) is 0 Å². The maximum absolute atomic E-state index is 13.0. The van der Waals surface area contributed by atoms with E-state index >= 15 is 0 Å². The van der Waals surface area contributed by atoms with E-state index in [1.54, 1.807) is 28.4 Å². The second kappa shape index (κ2) is 16.8. The Balaban J connectivity index is 0.00000616. The molecule has 0 bridgehead atoms. The van der Waals surface area contributed by atoms with E-state index in [0.717, 1.165) is 55.7 Å². The van der Waals surface area contributed by atoms with Gasteiger partial charge < -0.3 is 33.7 Å². The Labute approximate surface area is 258 Å². The number of aliphatic carboxylic acids is 1. The van der Waals surface area contributed by atoms with Crippen molar-refractivity contribution in [3.63, 3.8) is 0 Å². The Morgan fingerprint density at radius 3 is 2.21 bits per heavy atom. The molecule has 2 atom stereocenters. The van der Waals surface area contributed by atoms with E-state index in [1.807, 2.05) is 24.3 Å². The second-order valence-corrected chi connectivity index (χ2v) is 11.4. The molecule has 0 aliphatic heterocycles. The molecular formula is C33H50ClNO7. The average molecular weight is 608 g/mol. The molecule has 1 aliphatic rings. The highest BCUT2D eigenvalue weighted by molar-refractivity contribution is 5.85. The summed E-state index contributed by atoms with van der Waals surface area (Å²) >= 11 is 0. The normalized spacial score (nSPS) is 15.9. The zero-order valence-corrected chi connectivity index (χ0v) is 27.2. The first-order valence-corrected chi connectivity index (χ1v) is 14.6. The lowest BCUT2D eigenvalue weighted by Gasteiger charge is -2.43. The van der Waals surface area contributed by atoms with Gasteiger partial charge in [-0.2, -0.15) is 0 Å². The van der Waals surface area contributed by atoms with Crippen LogP contribution in [-0.4, -0.2) is 77.8 Å². The van der Waals surface area contributed by atoms with Gasteiger partial charge in [-0.1, -0.05) is 19.9 Å². The molecule has 0 amide bonds. The number of methoxy groups -OCH3 is 4. The van der Waals surface area contributed by atoms with Crippen LogP contribution in [-0.2, 0) is 28.8 Å². The first-order valence-electron chi connectivity index (χ1n) is 14.6. The van der Waals surface area contributed by atoms with Gasteiger partial charge in [-0.25, -0.2) is 0 Å². The zero-order valence-electron chi connectivity index (χ0n) is 26.4. The Morgan fingerprint density at radius 1 is 0.952 bits per heavy atom. The van der Waals surface area contributed by atoms with Crippen molar-refractivity contribution < 1.29 is 33.6 Å². The fourth-order valence-electron chi connectivity index (χ4n) is 6.20. The summed E-state index contributed by atoms with van der Waals surface area (Å²) in [5.74, 6) is 2.21. The number of ether oxygens (including phenoxy) is 5. The van der Waals surface area contributed by atoms with Crippen LogP contribution in [0.25, 0.3) is 0 Å². The fraction of sp³-hybridized carbons (Fsp3) is 0.606. The van der Waals surface area contributed by atoms with Crippen molar-refractivity contribution >= 4 is 18.4 Å². The van der Waals surface area contributed by atoms with Crippen molar-refractivity contribution in [2.45, 2.75) is 52.4 Å². The molecule has 0 fully saturated rings. The van der Waals surface area contributed by atoms with Gasteiger partial charge in [0.15, 0.2) is 23.0 Å². The van der Waals surface area contributed by atoms with Crippen LogP contribution in [0.2, 0.25) is 0 Å². The maximum Gasteiger partial charge on any atom is 0.310 e. The van der Waals surface area contributed by atoms with Crippen LogP contribution < -0.4 is 18.9 Å². The molecule has 8 nitrogen and oxygen atoms in total. The topological polar surface area (TPSA) is 86.7 Å². The van der Waals surface area contributed by atoms with Crippen molar-refractivity contribution in [1.29, 1.82) is 0 Å². The summed E-state index contributed by atoms with van der Waals surface area (Å²) in [6.45, 7) is 6.85. The molecule has 1 unspecified atom stereocenters. The molecule has 0 radical (unpaired) electrons. The summed E-state index contributed by atoms with van der Waals surface area (Å²) in [7, 11) is 8.69. The van der Waals surface area contributed by atoms with Gasteiger partial charge in [-0.15, -0.1) is 12.4 Å². The third-order valence-electron chi connectivity index (χ3n) is 8.76. The number of likely N-dealkylation sites (N-methyl/N-ethyl adjacent to an activating group) is 1. The molecule has 0 saturated heterocycles. The number of hydrogen-bond acceptors (Lipinski definition) is 7. The predicted molar refractivity (Wildman–Crippen MR) is 168 cm³/mol. The zero-order chi connectivity index (χ0) is 30.0. The van der Waals surface area contributed by atoms with Crippen molar-refractivity contribution in [2.75, 3.05) is 61.8 Å². The summed E-state index contributed by atoms with van der Waals surface area (Å²) in [5, 5.41) is 10.7. The average Bonchev–Trinajstić information content (AvgIpc) is 2.97. The lowest BCUT2D eigenvalue weighted by atomic mass is 9.60. The van der Waals surface area contributed by atoms with Gasteiger partial charge in [0, 0.05) is 26.7 Å². The molecule has 1 N–H and O–H groups in total. The number of carbonyl (C=O) groups is 1. The smallest absolute Gasteiger partial charge is 0.310 e. The Morgan fingerprint density at radius 2 is 1.62 bits per heavy atom. The van der Waals surface area contributed by atoms with Crippen LogP contribution in [0.1, 0.15) is 49.8 Å².